The van der Waals surface area contributed by atoms with E-state index in [1.54, 1.807) is 0 Å². The number of hydrogen-bond acceptors (Lipinski definition) is 3. The van der Waals surface area contributed by atoms with E-state index in [0.29, 0.717) is 0 Å². The minimum atomic E-state index is -0.868. The Balaban J connectivity index is 2.45. The molecule has 0 spiro atoms. The lowest BCUT2D eigenvalue weighted by atomic mass is 10.0. The summed E-state index contributed by atoms with van der Waals surface area (Å²) in [4.78, 5) is 11.7. The topological polar surface area (TPSA) is 75.4 Å². The highest BCUT2D eigenvalue weighted by molar-refractivity contribution is 5.95. The van der Waals surface area contributed by atoms with Crippen LogP contribution in [-0.2, 0) is 11.2 Å². The second kappa shape index (κ2) is 10.4. The predicted octanol–water partition coefficient (Wildman–Crippen LogP) is 2.85. The molecule has 0 aromatic heterocycles. The maximum atomic E-state index is 11.7. The fourth-order valence-electron chi connectivity index (χ4n) is 2.26. The first-order valence-electron chi connectivity index (χ1n) is 7.94. The van der Waals surface area contributed by atoms with Gasteiger partial charge in [0.05, 0.1) is 6.61 Å². The summed E-state index contributed by atoms with van der Waals surface area (Å²) in [6, 6.07) is 6.92. The summed E-state index contributed by atoms with van der Waals surface area (Å²) in [5, 5.41) is 11.7. The van der Waals surface area contributed by atoms with Crippen LogP contribution >= 0.6 is 0 Å². The van der Waals surface area contributed by atoms with Crippen molar-refractivity contribution in [3.05, 3.63) is 29.8 Å². The van der Waals surface area contributed by atoms with Crippen molar-refractivity contribution in [1.29, 1.82) is 0 Å². The molecule has 0 bridgehead atoms. The van der Waals surface area contributed by atoms with E-state index in [1.807, 2.05) is 24.3 Å². The number of aryl methyl sites for hydroxylation is 1. The zero-order valence-corrected chi connectivity index (χ0v) is 13.0. The minimum absolute atomic E-state index is 0.340. The van der Waals surface area contributed by atoms with Gasteiger partial charge in [-0.15, -0.1) is 0 Å². The standard InChI is InChI=1S/C17H28N2O2/c1-2-3-4-5-6-7-10-14-11-8-9-12-16(14)19-17(21)15(18)13-20/h8-9,11-12,15,20H,2-7,10,13,18H2,1H3,(H,19,21)/t15-/m0/s1. The zero-order chi connectivity index (χ0) is 15.5. The van der Waals surface area contributed by atoms with Crippen LogP contribution in [0.3, 0.4) is 0 Å². The van der Waals surface area contributed by atoms with E-state index >= 15 is 0 Å². The van der Waals surface area contributed by atoms with Crippen LogP contribution in [0.25, 0.3) is 0 Å². The van der Waals surface area contributed by atoms with Crippen molar-refractivity contribution in [2.24, 2.45) is 5.73 Å². The van der Waals surface area contributed by atoms with Crippen molar-refractivity contribution >= 4 is 11.6 Å². The Morgan fingerprint density at radius 2 is 1.86 bits per heavy atom. The molecule has 0 aliphatic rings. The smallest absolute Gasteiger partial charge is 0.243 e. The second-order valence-electron chi connectivity index (χ2n) is 5.45. The van der Waals surface area contributed by atoms with Gasteiger partial charge in [0.15, 0.2) is 0 Å². The number of unbranched alkanes of at least 4 members (excludes halogenated alkanes) is 5. The molecule has 0 saturated carbocycles. The number of aliphatic hydroxyl groups is 1. The number of carbonyl (C=O) groups is 1. The average Bonchev–Trinajstić information content (AvgIpc) is 2.51. The van der Waals surface area contributed by atoms with E-state index in [-0.39, 0.29) is 12.5 Å². The summed E-state index contributed by atoms with van der Waals surface area (Å²) < 4.78 is 0. The molecular formula is C17H28N2O2. The van der Waals surface area contributed by atoms with Gasteiger partial charge in [-0.25, -0.2) is 0 Å². The highest BCUT2D eigenvalue weighted by Gasteiger charge is 2.13. The summed E-state index contributed by atoms with van der Waals surface area (Å²) in [5.41, 5.74) is 7.46. The molecule has 1 amide bonds. The normalized spacial score (nSPS) is 12.1. The molecule has 21 heavy (non-hydrogen) atoms. The molecule has 1 aromatic carbocycles. The zero-order valence-electron chi connectivity index (χ0n) is 13.0. The SMILES string of the molecule is CCCCCCCCc1ccccc1NC(=O)[C@@H](N)CO. The van der Waals surface area contributed by atoms with Gasteiger partial charge in [0, 0.05) is 5.69 Å². The number of hydrogen-bond donors (Lipinski definition) is 3. The van der Waals surface area contributed by atoms with Gasteiger partial charge in [0.1, 0.15) is 6.04 Å². The molecule has 0 fully saturated rings. The van der Waals surface area contributed by atoms with Crippen LogP contribution in [0.1, 0.15) is 51.0 Å². The molecule has 4 heteroatoms. The van der Waals surface area contributed by atoms with Crippen molar-refractivity contribution in [2.45, 2.75) is 57.9 Å². The number of nitrogens with two attached hydrogens (primary N) is 1. The van der Waals surface area contributed by atoms with E-state index in [9.17, 15) is 4.79 Å². The summed E-state index contributed by atoms with van der Waals surface area (Å²) in [5.74, 6) is -0.340. The van der Waals surface area contributed by atoms with Gasteiger partial charge in [0.25, 0.3) is 0 Å². The third-order valence-electron chi connectivity index (χ3n) is 3.61. The van der Waals surface area contributed by atoms with Crippen molar-refractivity contribution in [2.75, 3.05) is 11.9 Å². The van der Waals surface area contributed by atoms with Crippen LogP contribution < -0.4 is 11.1 Å². The molecule has 0 saturated heterocycles. The molecule has 1 aromatic rings. The summed E-state index contributed by atoms with van der Waals surface area (Å²) in [6.07, 6.45) is 8.46. The molecule has 0 heterocycles. The minimum Gasteiger partial charge on any atom is -0.394 e. The fourth-order valence-corrected chi connectivity index (χ4v) is 2.26. The lowest BCUT2D eigenvalue weighted by Gasteiger charge is -2.13. The molecular weight excluding hydrogens is 264 g/mol. The van der Waals surface area contributed by atoms with E-state index in [1.165, 1.54) is 32.1 Å². The maximum absolute atomic E-state index is 11.7. The first-order valence-corrected chi connectivity index (χ1v) is 7.94. The lowest BCUT2D eigenvalue weighted by Crippen LogP contribution is -2.38. The molecule has 0 aliphatic heterocycles. The highest BCUT2D eigenvalue weighted by Crippen LogP contribution is 2.18. The molecule has 0 aliphatic carbocycles. The van der Waals surface area contributed by atoms with Crippen LogP contribution in [0.2, 0.25) is 0 Å². The number of aliphatic hydroxyl groups excluding tert-OH is 1. The summed E-state index contributed by atoms with van der Waals surface area (Å²) >= 11 is 0. The Bertz CT molecular complexity index is 421. The van der Waals surface area contributed by atoms with E-state index in [0.717, 1.165) is 24.1 Å². The van der Waals surface area contributed by atoms with Gasteiger partial charge in [-0.2, -0.15) is 0 Å². The summed E-state index contributed by atoms with van der Waals surface area (Å²) in [7, 11) is 0. The van der Waals surface area contributed by atoms with Crippen LogP contribution in [0.15, 0.2) is 24.3 Å². The Labute approximate surface area is 127 Å². The van der Waals surface area contributed by atoms with E-state index in [4.69, 9.17) is 10.8 Å². The van der Waals surface area contributed by atoms with Crippen LogP contribution in [0.4, 0.5) is 5.69 Å². The van der Waals surface area contributed by atoms with Gasteiger partial charge in [-0.3, -0.25) is 4.79 Å². The molecule has 0 radical (unpaired) electrons. The number of rotatable bonds is 10. The first kappa shape index (κ1) is 17.7. The Hall–Kier alpha value is -1.39. The quantitative estimate of drug-likeness (QED) is 0.580. The van der Waals surface area contributed by atoms with Gasteiger partial charge in [0.2, 0.25) is 5.91 Å². The Morgan fingerprint density at radius 3 is 2.57 bits per heavy atom. The molecule has 118 valence electrons. The molecule has 0 unspecified atom stereocenters. The number of para-hydroxylation sites is 1. The second-order valence-corrected chi connectivity index (χ2v) is 5.45. The molecule has 4 nitrogen and oxygen atoms in total. The number of benzene rings is 1. The third kappa shape index (κ3) is 6.74. The number of nitrogens with one attached hydrogen (secondary N) is 1. The monoisotopic (exact) mass is 292 g/mol. The Morgan fingerprint density at radius 1 is 1.19 bits per heavy atom. The molecule has 4 N–H and O–H groups in total. The predicted molar refractivity (Wildman–Crippen MR) is 87.2 cm³/mol. The molecule has 1 rings (SSSR count). The molecule has 1 atom stereocenters. The average molecular weight is 292 g/mol. The first-order chi connectivity index (χ1) is 10.2. The van der Waals surface area contributed by atoms with Crippen LogP contribution in [0.5, 0.6) is 0 Å². The van der Waals surface area contributed by atoms with Crippen molar-refractivity contribution < 1.29 is 9.90 Å². The third-order valence-corrected chi connectivity index (χ3v) is 3.61. The maximum Gasteiger partial charge on any atom is 0.243 e. The highest BCUT2D eigenvalue weighted by atomic mass is 16.3. The van der Waals surface area contributed by atoms with Crippen molar-refractivity contribution in [1.82, 2.24) is 0 Å². The van der Waals surface area contributed by atoms with Gasteiger partial charge in [-0.1, -0.05) is 57.2 Å². The lowest BCUT2D eigenvalue weighted by molar-refractivity contribution is -0.118. The van der Waals surface area contributed by atoms with E-state index < -0.39 is 6.04 Å². The summed E-state index contributed by atoms with van der Waals surface area (Å²) in [6.45, 7) is 1.88. The number of carbonyl (C=O) groups excluding carboxylic acids is 1. The van der Waals surface area contributed by atoms with Crippen molar-refractivity contribution in [3.63, 3.8) is 0 Å². The van der Waals surface area contributed by atoms with Crippen molar-refractivity contribution in [3.8, 4) is 0 Å². The van der Waals surface area contributed by atoms with Crippen LogP contribution in [0, 0.1) is 0 Å². The number of amides is 1. The van der Waals surface area contributed by atoms with Gasteiger partial charge >= 0.3 is 0 Å². The Kier molecular flexibility index (Phi) is 8.71. The fraction of sp³-hybridized carbons (Fsp3) is 0.588. The van der Waals surface area contributed by atoms with E-state index in [2.05, 4.69) is 12.2 Å². The largest absolute Gasteiger partial charge is 0.394 e. The van der Waals surface area contributed by atoms with Crippen LogP contribution in [-0.4, -0.2) is 23.7 Å². The number of anilines is 1. The van der Waals surface area contributed by atoms with Gasteiger partial charge < -0.3 is 16.2 Å². The van der Waals surface area contributed by atoms with Gasteiger partial charge in [-0.05, 0) is 24.5 Å².